The average Bonchev–Trinajstić information content (AvgIpc) is 2.46. The molecule has 3 atom stereocenters. The number of aryl methyl sites for hydroxylation is 1. The number of hydrogen-bond donors (Lipinski definition) is 1. The van der Waals surface area contributed by atoms with Crippen LogP contribution in [0, 0.1) is 6.92 Å². The molecule has 1 aliphatic heterocycles. The van der Waals surface area contributed by atoms with Crippen LogP contribution in [0.2, 0.25) is 0 Å². The van der Waals surface area contributed by atoms with Crippen molar-refractivity contribution in [2.75, 3.05) is 6.61 Å². The first-order chi connectivity index (χ1) is 11.2. The molecule has 1 aromatic rings. The molecular weight excluding hydrogens is 320 g/mol. The molecule has 24 heavy (non-hydrogen) atoms. The predicted molar refractivity (Wildman–Crippen MR) is 81.3 cm³/mol. The summed E-state index contributed by atoms with van der Waals surface area (Å²) >= 11 is 0. The van der Waals surface area contributed by atoms with Crippen molar-refractivity contribution in [1.82, 2.24) is 9.55 Å². The monoisotopic (exact) mass is 338 g/mol. The molecule has 130 valence electrons. The number of aromatic nitrogens is 2. The average molecular weight is 338 g/mol. The summed E-state index contributed by atoms with van der Waals surface area (Å²) in [7, 11) is 0. The summed E-state index contributed by atoms with van der Waals surface area (Å²) < 4.78 is 17.0. The number of carbonyl (C=O) groups excluding carboxylic acids is 2. The lowest BCUT2D eigenvalue weighted by Crippen LogP contribution is -2.50. The summed E-state index contributed by atoms with van der Waals surface area (Å²) in [5, 5.41) is 0. The van der Waals surface area contributed by atoms with Gasteiger partial charge in [0, 0.05) is 25.6 Å². The molecule has 0 spiro atoms. The second-order valence-corrected chi connectivity index (χ2v) is 5.44. The van der Waals surface area contributed by atoms with Crippen LogP contribution < -0.4 is 11.2 Å². The zero-order valence-electron chi connectivity index (χ0n) is 13.5. The number of H-pyrrole nitrogens is 1. The number of rotatable bonds is 3. The lowest BCUT2D eigenvalue weighted by atomic mass is 10.0. The van der Waals surface area contributed by atoms with Crippen LogP contribution in [0.1, 0.15) is 25.6 Å². The minimum absolute atomic E-state index is 0.00894. The van der Waals surface area contributed by atoms with Gasteiger partial charge in [0.25, 0.3) is 5.56 Å². The van der Waals surface area contributed by atoms with Crippen molar-refractivity contribution < 1.29 is 23.8 Å². The van der Waals surface area contributed by atoms with Crippen molar-refractivity contribution in [3.63, 3.8) is 0 Å². The summed E-state index contributed by atoms with van der Waals surface area (Å²) in [6.45, 7) is 7.64. The molecule has 0 aromatic carbocycles. The molecule has 1 aliphatic rings. The van der Waals surface area contributed by atoms with Crippen molar-refractivity contribution >= 4 is 11.9 Å². The predicted octanol–water partition coefficient (Wildman–Crippen LogP) is -0.207. The first-order valence-corrected chi connectivity index (χ1v) is 7.16. The number of nitrogens with zero attached hydrogens (tertiary/aromatic N) is 1. The van der Waals surface area contributed by atoms with Crippen LogP contribution >= 0.6 is 0 Å². The fourth-order valence-electron chi connectivity index (χ4n) is 2.41. The smallest absolute Gasteiger partial charge is 0.330 e. The molecule has 0 saturated carbocycles. The molecule has 2 rings (SSSR count). The van der Waals surface area contributed by atoms with E-state index >= 15 is 0 Å². The molecule has 0 amide bonds. The molecule has 1 aromatic heterocycles. The third-order valence-corrected chi connectivity index (χ3v) is 3.44. The molecule has 0 bridgehead atoms. The van der Waals surface area contributed by atoms with E-state index in [4.69, 9.17) is 14.2 Å². The molecule has 9 heteroatoms. The molecule has 1 N–H and O–H groups in total. The highest BCUT2D eigenvalue weighted by Crippen LogP contribution is 2.30. The van der Waals surface area contributed by atoms with Crippen LogP contribution in [0.25, 0.3) is 0 Å². The summed E-state index contributed by atoms with van der Waals surface area (Å²) in [4.78, 5) is 48.5. The highest BCUT2D eigenvalue weighted by molar-refractivity contribution is 5.67. The first-order valence-electron chi connectivity index (χ1n) is 7.16. The minimum Gasteiger partial charge on any atom is -0.454 e. The van der Waals surface area contributed by atoms with Gasteiger partial charge in [0.1, 0.15) is 0 Å². The van der Waals surface area contributed by atoms with Gasteiger partial charge < -0.3 is 14.2 Å². The third-order valence-electron chi connectivity index (χ3n) is 3.44. The van der Waals surface area contributed by atoms with Crippen molar-refractivity contribution in [2.45, 2.75) is 39.2 Å². The number of ether oxygens (including phenoxy) is 3. The minimum atomic E-state index is -1.12. The second kappa shape index (κ2) is 6.83. The van der Waals surface area contributed by atoms with Gasteiger partial charge in [-0.25, -0.2) is 4.79 Å². The SMILES string of the molecule is C=C1CO[C@@H](n2cc(C)c(=O)[nH]c2=O)[C@H](OC(C)=O)[C@@H]1OC(C)=O. The van der Waals surface area contributed by atoms with Gasteiger partial charge in [-0.3, -0.25) is 23.9 Å². The Kier molecular flexibility index (Phi) is 5.03. The maximum Gasteiger partial charge on any atom is 0.330 e. The Bertz CT molecular complexity index is 792. The normalized spacial score (nSPS) is 23.6. The number of aromatic amines is 1. The van der Waals surface area contributed by atoms with Gasteiger partial charge in [-0.2, -0.15) is 0 Å². The molecule has 1 fully saturated rings. The number of esters is 2. The first kappa shape index (κ1) is 17.7. The van der Waals surface area contributed by atoms with Crippen molar-refractivity contribution in [2.24, 2.45) is 0 Å². The van der Waals surface area contributed by atoms with E-state index in [0.717, 1.165) is 4.57 Å². The van der Waals surface area contributed by atoms with Crippen LogP contribution in [0.4, 0.5) is 0 Å². The number of nitrogens with one attached hydrogen (secondary N) is 1. The quantitative estimate of drug-likeness (QED) is 0.599. The Balaban J connectivity index is 2.50. The zero-order chi connectivity index (χ0) is 18.0. The van der Waals surface area contributed by atoms with Gasteiger partial charge >= 0.3 is 17.6 Å². The fraction of sp³-hybridized carbons (Fsp3) is 0.467. The van der Waals surface area contributed by atoms with Crippen LogP contribution in [-0.4, -0.2) is 40.3 Å². The summed E-state index contributed by atoms with van der Waals surface area (Å²) in [5.74, 6) is -1.24. The molecule has 9 nitrogen and oxygen atoms in total. The summed E-state index contributed by atoms with van der Waals surface area (Å²) in [6.07, 6.45) is -1.87. The highest BCUT2D eigenvalue weighted by atomic mass is 16.6. The van der Waals surface area contributed by atoms with Gasteiger partial charge in [-0.15, -0.1) is 0 Å². The fourth-order valence-corrected chi connectivity index (χ4v) is 2.41. The zero-order valence-corrected chi connectivity index (χ0v) is 13.5. The molecule has 1 saturated heterocycles. The third kappa shape index (κ3) is 3.62. The second-order valence-electron chi connectivity index (χ2n) is 5.44. The lowest BCUT2D eigenvalue weighted by molar-refractivity contribution is -0.194. The van der Waals surface area contributed by atoms with Crippen LogP contribution in [-0.2, 0) is 23.8 Å². The van der Waals surface area contributed by atoms with Gasteiger partial charge in [-0.1, -0.05) is 6.58 Å². The topological polar surface area (TPSA) is 117 Å². The Morgan fingerprint density at radius 3 is 2.50 bits per heavy atom. The Morgan fingerprint density at radius 2 is 1.92 bits per heavy atom. The van der Waals surface area contributed by atoms with Crippen molar-refractivity contribution in [3.05, 3.63) is 44.8 Å². The van der Waals surface area contributed by atoms with E-state index in [-0.39, 0.29) is 12.2 Å². The highest BCUT2D eigenvalue weighted by Gasteiger charge is 2.42. The Labute approximate surface area is 136 Å². The van der Waals surface area contributed by atoms with Gasteiger partial charge in [0.05, 0.1) is 6.61 Å². The maximum atomic E-state index is 12.1. The standard InChI is InChI=1S/C15H18N2O7/c1-7-5-17(15(21)16-13(7)20)14-12(24-10(4)19)11(23-9(3)18)8(2)6-22-14/h5,11-12,14H,2,6H2,1,3-4H3,(H,16,20,21)/t11-,12-,14-/m1/s1. The van der Waals surface area contributed by atoms with Crippen LogP contribution in [0.5, 0.6) is 0 Å². The largest absolute Gasteiger partial charge is 0.454 e. The summed E-state index contributed by atoms with van der Waals surface area (Å²) in [5.41, 5.74) is -0.603. The van der Waals surface area contributed by atoms with E-state index in [9.17, 15) is 19.2 Å². The van der Waals surface area contributed by atoms with Gasteiger partial charge in [-0.05, 0) is 12.5 Å². The van der Waals surface area contributed by atoms with E-state index in [0.29, 0.717) is 5.57 Å². The number of hydrogen-bond acceptors (Lipinski definition) is 7. The van der Waals surface area contributed by atoms with Crippen LogP contribution in [0.3, 0.4) is 0 Å². The number of carbonyl (C=O) groups is 2. The van der Waals surface area contributed by atoms with Gasteiger partial charge in [0.2, 0.25) is 0 Å². The van der Waals surface area contributed by atoms with E-state index in [1.807, 2.05) is 0 Å². The van der Waals surface area contributed by atoms with E-state index < -0.39 is 41.6 Å². The Hall–Kier alpha value is -2.68. The van der Waals surface area contributed by atoms with Gasteiger partial charge in [0.15, 0.2) is 18.4 Å². The van der Waals surface area contributed by atoms with Crippen LogP contribution in [0.15, 0.2) is 27.9 Å². The molecule has 0 aliphatic carbocycles. The van der Waals surface area contributed by atoms with E-state index in [1.54, 1.807) is 0 Å². The molecule has 2 heterocycles. The lowest BCUT2D eigenvalue weighted by Gasteiger charge is -2.38. The molecule has 0 unspecified atom stereocenters. The van der Waals surface area contributed by atoms with E-state index in [2.05, 4.69) is 11.6 Å². The maximum absolute atomic E-state index is 12.1. The molecule has 0 radical (unpaired) electrons. The Morgan fingerprint density at radius 1 is 1.29 bits per heavy atom. The molecular formula is C15H18N2O7. The van der Waals surface area contributed by atoms with Crippen molar-refractivity contribution in [1.29, 1.82) is 0 Å². The summed E-state index contributed by atoms with van der Waals surface area (Å²) in [6, 6.07) is 0. The van der Waals surface area contributed by atoms with Crippen molar-refractivity contribution in [3.8, 4) is 0 Å². The van der Waals surface area contributed by atoms with E-state index in [1.165, 1.54) is 27.0 Å².